The second-order valence-corrected chi connectivity index (χ2v) is 6.11. The van der Waals surface area contributed by atoms with Crippen LogP contribution < -0.4 is 15.4 Å². The van der Waals surface area contributed by atoms with Gasteiger partial charge in [-0.05, 0) is 30.5 Å². The lowest BCUT2D eigenvalue weighted by Gasteiger charge is -2.12. The van der Waals surface area contributed by atoms with Gasteiger partial charge < -0.3 is 19.5 Å². The van der Waals surface area contributed by atoms with E-state index in [1.807, 2.05) is 30.3 Å². The normalized spacial score (nSPS) is 10.9. The van der Waals surface area contributed by atoms with Crippen molar-refractivity contribution in [2.45, 2.75) is 0 Å². The molecular formula is C19H21N3O5S. The summed E-state index contributed by atoms with van der Waals surface area (Å²) in [4.78, 5) is 27.8. The zero-order valence-corrected chi connectivity index (χ0v) is 16.5. The average molecular weight is 403 g/mol. The number of nitrogens with zero attached hydrogens (tertiary/aromatic N) is 1. The topological polar surface area (TPSA) is 98.3 Å². The maximum atomic E-state index is 12.0. The molecule has 0 unspecified atom stereocenters. The highest BCUT2D eigenvalue weighted by Crippen LogP contribution is 2.32. The van der Waals surface area contributed by atoms with Gasteiger partial charge in [0.15, 0.2) is 5.17 Å². The Kier molecular flexibility index (Phi) is 8.32. The van der Waals surface area contributed by atoms with Crippen LogP contribution in [0.25, 0.3) is 0 Å². The van der Waals surface area contributed by atoms with Crippen molar-refractivity contribution in [2.75, 3.05) is 32.4 Å². The zero-order chi connectivity index (χ0) is 20.4. The number of methoxy groups -OCH3 is 2. The van der Waals surface area contributed by atoms with Crippen molar-refractivity contribution in [1.29, 1.82) is 0 Å². The monoisotopic (exact) mass is 403 g/mol. The van der Waals surface area contributed by atoms with Gasteiger partial charge in [0.05, 0.1) is 18.5 Å². The lowest BCUT2D eigenvalue weighted by atomic mass is 10.2. The number of nitrogens with one attached hydrogen (secondary N) is 2. The van der Waals surface area contributed by atoms with Crippen LogP contribution in [0.2, 0.25) is 0 Å². The molecule has 9 heteroatoms. The fourth-order valence-electron chi connectivity index (χ4n) is 2.09. The number of amides is 2. The minimum Gasteiger partial charge on any atom is -0.457 e. The molecule has 148 valence electrons. The molecular weight excluding hydrogens is 382 g/mol. The summed E-state index contributed by atoms with van der Waals surface area (Å²) in [5.74, 6) is 0.831. The van der Waals surface area contributed by atoms with Gasteiger partial charge in [-0.15, -0.1) is 0 Å². The molecule has 8 nitrogen and oxygen atoms in total. The van der Waals surface area contributed by atoms with Gasteiger partial charge in [-0.3, -0.25) is 10.1 Å². The van der Waals surface area contributed by atoms with Crippen LogP contribution in [0.15, 0.2) is 53.5 Å². The van der Waals surface area contributed by atoms with Gasteiger partial charge in [0.2, 0.25) is 5.91 Å². The van der Waals surface area contributed by atoms with Gasteiger partial charge in [0.1, 0.15) is 18.1 Å². The van der Waals surface area contributed by atoms with E-state index in [9.17, 15) is 9.59 Å². The van der Waals surface area contributed by atoms with Gasteiger partial charge in [0, 0.05) is 13.2 Å². The van der Waals surface area contributed by atoms with Crippen molar-refractivity contribution in [1.82, 2.24) is 5.32 Å². The first-order valence-corrected chi connectivity index (χ1v) is 9.41. The van der Waals surface area contributed by atoms with E-state index in [0.29, 0.717) is 28.0 Å². The second kappa shape index (κ2) is 11.0. The Balaban J connectivity index is 2.34. The van der Waals surface area contributed by atoms with E-state index in [-0.39, 0.29) is 12.5 Å². The van der Waals surface area contributed by atoms with E-state index in [2.05, 4.69) is 20.4 Å². The summed E-state index contributed by atoms with van der Waals surface area (Å²) in [6.07, 6.45) is 1.12. The van der Waals surface area contributed by atoms with Crippen LogP contribution in [0.4, 0.5) is 16.2 Å². The summed E-state index contributed by atoms with van der Waals surface area (Å²) in [6, 6.07) is 14.3. The average Bonchev–Trinajstić information content (AvgIpc) is 2.70. The number of carbonyl (C=O) groups is 2. The molecule has 0 atom stereocenters. The molecule has 0 aliphatic rings. The van der Waals surface area contributed by atoms with Crippen LogP contribution >= 0.6 is 11.8 Å². The smallest absolute Gasteiger partial charge is 0.412 e. The predicted molar refractivity (Wildman–Crippen MR) is 110 cm³/mol. The highest BCUT2D eigenvalue weighted by molar-refractivity contribution is 8.13. The summed E-state index contributed by atoms with van der Waals surface area (Å²) < 4.78 is 15.2. The minimum absolute atomic E-state index is 0.108. The third-order valence-corrected chi connectivity index (χ3v) is 3.89. The van der Waals surface area contributed by atoms with E-state index in [0.717, 1.165) is 0 Å². The number of amidine groups is 1. The lowest BCUT2D eigenvalue weighted by Crippen LogP contribution is -2.27. The molecule has 0 bridgehead atoms. The molecule has 0 saturated carbocycles. The SMILES string of the molecule is COCC(=O)Nc1cc(Oc2ccccc2)ccc1N=C(NC(=O)OC)SC. The molecule has 0 heterocycles. The Morgan fingerprint density at radius 1 is 1.07 bits per heavy atom. The minimum atomic E-state index is -0.637. The quantitative estimate of drug-likeness (QED) is 0.563. The molecule has 0 spiro atoms. The molecule has 2 amide bonds. The summed E-state index contributed by atoms with van der Waals surface area (Å²) in [6.45, 7) is -0.108. The number of para-hydroxylation sites is 1. The molecule has 0 fully saturated rings. The van der Waals surface area contributed by atoms with Crippen molar-refractivity contribution in [3.8, 4) is 11.5 Å². The molecule has 2 aromatic carbocycles. The van der Waals surface area contributed by atoms with Crippen LogP contribution in [0, 0.1) is 0 Å². The Morgan fingerprint density at radius 3 is 2.46 bits per heavy atom. The fourth-order valence-corrected chi connectivity index (χ4v) is 2.47. The number of hydrogen-bond acceptors (Lipinski definition) is 7. The Bertz CT molecular complexity index is 843. The molecule has 2 rings (SSSR count). The maximum absolute atomic E-state index is 12.0. The molecule has 2 N–H and O–H groups in total. The van der Waals surface area contributed by atoms with Gasteiger partial charge >= 0.3 is 6.09 Å². The van der Waals surface area contributed by atoms with Crippen LogP contribution in [0.3, 0.4) is 0 Å². The number of carbonyl (C=O) groups excluding carboxylic acids is 2. The van der Waals surface area contributed by atoms with E-state index in [1.165, 1.54) is 26.0 Å². The molecule has 2 aromatic rings. The van der Waals surface area contributed by atoms with Gasteiger partial charge in [-0.1, -0.05) is 30.0 Å². The largest absolute Gasteiger partial charge is 0.457 e. The number of alkyl carbamates (subject to hydrolysis) is 1. The maximum Gasteiger partial charge on any atom is 0.412 e. The van der Waals surface area contributed by atoms with Crippen LogP contribution in [-0.4, -0.2) is 44.3 Å². The summed E-state index contributed by atoms with van der Waals surface area (Å²) in [5, 5.41) is 5.55. The number of hydrogen-bond donors (Lipinski definition) is 2. The second-order valence-electron chi connectivity index (χ2n) is 5.31. The number of benzene rings is 2. The summed E-state index contributed by atoms with van der Waals surface area (Å²) >= 11 is 1.22. The molecule has 0 radical (unpaired) electrons. The van der Waals surface area contributed by atoms with Crippen molar-refractivity contribution >= 4 is 40.3 Å². The van der Waals surface area contributed by atoms with Gasteiger partial charge in [-0.25, -0.2) is 9.79 Å². The van der Waals surface area contributed by atoms with Crippen molar-refractivity contribution in [3.63, 3.8) is 0 Å². The standard InChI is InChI=1S/C19H21N3O5S/c1-25-12-17(23)20-16-11-14(27-13-7-5-4-6-8-13)9-10-15(16)21-18(28-3)22-19(24)26-2/h4-11H,12H2,1-3H3,(H,20,23)(H,21,22,24). The fraction of sp³-hybridized carbons (Fsp3) is 0.211. The van der Waals surface area contributed by atoms with Crippen molar-refractivity contribution in [3.05, 3.63) is 48.5 Å². The first-order valence-electron chi connectivity index (χ1n) is 8.19. The summed E-state index contributed by atoms with van der Waals surface area (Å²) in [5.41, 5.74) is 0.847. The zero-order valence-electron chi connectivity index (χ0n) is 15.7. The first kappa shape index (κ1) is 21.3. The summed E-state index contributed by atoms with van der Waals surface area (Å²) in [7, 11) is 2.69. The molecule has 0 aromatic heterocycles. The highest BCUT2D eigenvalue weighted by atomic mass is 32.2. The highest BCUT2D eigenvalue weighted by Gasteiger charge is 2.11. The number of thioether (sulfide) groups is 1. The van der Waals surface area contributed by atoms with Crippen LogP contribution in [0.1, 0.15) is 0 Å². The van der Waals surface area contributed by atoms with E-state index < -0.39 is 6.09 Å². The molecule has 0 aliphatic carbocycles. The number of ether oxygens (including phenoxy) is 3. The van der Waals surface area contributed by atoms with E-state index >= 15 is 0 Å². The molecule has 0 aliphatic heterocycles. The Morgan fingerprint density at radius 2 is 1.82 bits per heavy atom. The van der Waals surface area contributed by atoms with Gasteiger partial charge in [-0.2, -0.15) is 0 Å². The number of rotatable bonds is 6. The predicted octanol–water partition coefficient (Wildman–Crippen LogP) is 3.77. The lowest BCUT2D eigenvalue weighted by molar-refractivity contribution is -0.119. The van der Waals surface area contributed by atoms with Crippen LogP contribution in [-0.2, 0) is 14.3 Å². The van der Waals surface area contributed by atoms with E-state index in [1.54, 1.807) is 24.5 Å². The Labute approximate surface area is 167 Å². The molecule has 0 saturated heterocycles. The van der Waals surface area contributed by atoms with Crippen LogP contribution in [0.5, 0.6) is 11.5 Å². The number of anilines is 1. The van der Waals surface area contributed by atoms with Gasteiger partial charge in [0.25, 0.3) is 0 Å². The van der Waals surface area contributed by atoms with Crippen molar-refractivity contribution in [2.24, 2.45) is 4.99 Å². The third kappa shape index (κ3) is 6.60. The van der Waals surface area contributed by atoms with E-state index in [4.69, 9.17) is 9.47 Å². The number of aliphatic imine (C=N–C) groups is 1. The first-order chi connectivity index (χ1) is 13.5. The molecule has 28 heavy (non-hydrogen) atoms. The Hall–Kier alpha value is -3.04. The van der Waals surface area contributed by atoms with Crippen molar-refractivity contribution < 1.29 is 23.8 Å². The third-order valence-electron chi connectivity index (χ3n) is 3.31.